The van der Waals surface area contributed by atoms with Gasteiger partial charge in [0, 0.05) is 17.6 Å². The van der Waals surface area contributed by atoms with Crippen LogP contribution in [-0.4, -0.2) is 51.9 Å². The predicted molar refractivity (Wildman–Crippen MR) is 101 cm³/mol. The molecule has 0 fully saturated rings. The highest BCUT2D eigenvalue weighted by molar-refractivity contribution is 7.90. The van der Waals surface area contributed by atoms with Crippen LogP contribution in [0, 0.1) is 0 Å². The van der Waals surface area contributed by atoms with E-state index < -0.39 is 16.0 Å². The van der Waals surface area contributed by atoms with Crippen molar-refractivity contribution in [2.45, 2.75) is 4.90 Å². The predicted octanol–water partition coefficient (Wildman–Crippen LogP) is 2.34. The molecule has 0 saturated carbocycles. The van der Waals surface area contributed by atoms with Crippen molar-refractivity contribution in [1.29, 1.82) is 0 Å². The first kappa shape index (κ1) is 19.2. The summed E-state index contributed by atoms with van der Waals surface area (Å²) >= 11 is 5.79. The lowest BCUT2D eigenvalue weighted by molar-refractivity contribution is -0.144. The second-order valence-electron chi connectivity index (χ2n) is 5.77. The monoisotopic (exact) mass is 408 g/mol. The van der Waals surface area contributed by atoms with Gasteiger partial charge >= 0.3 is 5.97 Å². The number of hydrogen-bond acceptors (Lipinski definition) is 6. The Morgan fingerprint density at radius 3 is 2.56 bits per heavy atom. The van der Waals surface area contributed by atoms with E-state index in [2.05, 4.69) is 4.40 Å². The van der Waals surface area contributed by atoms with E-state index in [4.69, 9.17) is 21.1 Å². The molecular weight excluding hydrogens is 392 g/mol. The molecule has 0 unspecified atom stereocenters. The summed E-state index contributed by atoms with van der Waals surface area (Å²) in [5, 5.41) is 0.607. The van der Waals surface area contributed by atoms with Crippen molar-refractivity contribution in [3.8, 4) is 5.75 Å². The van der Waals surface area contributed by atoms with Gasteiger partial charge in [-0.2, -0.15) is 8.42 Å². The van der Waals surface area contributed by atoms with Crippen LogP contribution in [0.5, 0.6) is 5.75 Å². The van der Waals surface area contributed by atoms with Gasteiger partial charge in [-0.1, -0.05) is 23.7 Å². The summed E-state index contributed by atoms with van der Waals surface area (Å²) in [6, 6.07) is 13.3. The van der Waals surface area contributed by atoms with Gasteiger partial charge in [-0.25, -0.2) is 0 Å². The second-order valence-corrected chi connectivity index (χ2v) is 7.77. The first-order chi connectivity index (χ1) is 12.9. The number of benzene rings is 2. The van der Waals surface area contributed by atoms with Gasteiger partial charge in [0.25, 0.3) is 10.0 Å². The molecule has 0 atom stereocenters. The summed E-state index contributed by atoms with van der Waals surface area (Å²) in [5.74, 6) is 0.330. The van der Waals surface area contributed by atoms with Gasteiger partial charge in [0.05, 0.1) is 0 Å². The Kier molecular flexibility index (Phi) is 5.67. The molecule has 7 nitrogen and oxygen atoms in total. The minimum atomic E-state index is -3.73. The van der Waals surface area contributed by atoms with E-state index in [0.717, 1.165) is 0 Å². The number of ether oxygens (including phenoxy) is 2. The smallest absolute Gasteiger partial charge is 0.325 e. The van der Waals surface area contributed by atoms with Gasteiger partial charge in [0.2, 0.25) is 0 Å². The number of carbonyl (C=O) groups is 1. The number of hydrogen-bond donors (Lipinski definition) is 0. The van der Waals surface area contributed by atoms with Crippen molar-refractivity contribution in [3.05, 3.63) is 59.1 Å². The number of likely N-dealkylation sites (N-methyl/N-ethyl adjacent to an activating group) is 1. The van der Waals surface area contributed by atoms with E-state index in [1.807, 2.05) is 0 Å². The first-order valence-electron chi connectivity index (χ1n) is 8.06. The summed E-state index contributed by atoms with van der Waals surface area (Å²) < 4.78 is 38.4. The third-order valence-electron chi connectivity index (χ3n) is 3.77. The lowest BCUT2D eigenvalue weighted by Gasteiger charge is -2.18. The molecule has 0 saturated heterocycles. The Labute approximate surface area is 162 Å². The Hall–Kier alpha value is -2.58. The van der Waals surface area contributed by atoms with E-state index in [0.29, 0.717) is 16.3 Å². The summed E-state index contributed by atoms with van der Waals surface area (Å²) in [7, 11) is -2.14. The number of carbonyl (C=O) groups excluding carboxylic acids is 1. The molecule has 0 aliphatic carbocycles. The average Bonchev–Trinajstić information content (AvgIpc) is 2.92. The van der Waals surface area contributed by atoms with Crippen LogP contribution >= 0.6 is 11.6 Å². The minimum Gasteiger partial charge on any atom is -0.490 e. The third kappa shape index (κ3) is 4.58. The molecule has 2 aromatic carbocycles. The number of sulfonamides is 1. The van der Waals surface area contributed by atoms with Crippen molar-refractivity contribution in [3.63, 3.8) is 0 Å². The van der Waals surface area contributed by atoms with E-state index >= 15 is 0 Å². The van der Waals surface area contributed by atoms with Crippen molar-refractivity contribution >= 4 is 33.4 Å². The first-order valence-corrected chi connectivity index (χ1v) is 9.88. The summed E-state index contributed by atoms with van der Waals surface area (Å²) in [6.45, 7) is 0.121. The van der Waals surface area contributed by atoms with Crippen molar-refractivity contribution < 1.29 is 22.7 Å². The molecule has 0 N–H and O–H groups in total. The standard InChI is InChI=1S/C18H17ClN2O5S/c1-21(18-15-4-2-3-5-16(15)27(23,24)20-18)12-17(22)26-11-10-25-14-8-6-13(19)7-9-14/h2-9H,10-12H2,1H3. The number of halogens is 1. The molecule has 0 aromatic heterocycles. The highest BCUT2D eigenvalue weighted by atomic mass is 35.5. The largest absolute Gasteiger partial charge is 0.490 e. The van der Waals surface area contributed by atoms with Gasteiger partial charge in [-0.3, -0.25) is 4.79 Å². The molecule has 0 amide bonds. The number of rotatable bonds is 6. The normalized spacial score (nSPS) is 14.2. The molecule has 1 aliphatic rings. The van der Waals surface area contributed by atoms with Crippen LogP contribution in [0.4, 0.5) is 0 Å². The van der Waals surface area contributed by atoms with Crippen LogP contribution in [0.3, 0.4) is 0 Å². The Balaban J connectivity index is 1.50. The van der Waals surface area contributed by atoms with Crippen LogP contribution in [0.1, 0.15) is 5.56 Å². The number of amidine groups is 1. The highest BCUT2D eigenvalue weighted by Gasteiger charge is 2.31. The van der Waals surface area contributed by atoms with E-state index in [9.17, 15) is 13.2 Å². The number of esters is 1. The maximum Gasteiger partial charge on any atom is 0.325 e. The van der Waals surface area contributed by atoms with Crippen LogP contribution in [0.15, 0.2) is 57.8 Å². The highest BCUT2D eigenvalue weighted by Crippen LogP contribution is 2.26. The molecule has 1 heterocycles. The molecule has 2 aromatic rings. The Morgan fingerprint density at radius 2 is 1.81 bits per heavy atom. The molecule has 0 spiro atoms. The van der Waals surface area contributed by atoms with Crippen LogP contribution in [-0.2, 0) is 19.6 Å². The van der Waals surface area contributed by atoms with Crippen molar-refractivity contribution in [2.75, 3.05) is 26.8 Å². The van der Waals surface area contributed by atoms with Gasteiger partial charge in [0.15, 0.2) is 5.84 Å². The maximum atomic E-state index is 12.1. The van der Waals surface area contributed by atoms with E-state index in [1.54, 1.807) is 49.5 Å². The average molecular weight is 409 g/mol. The number of nitrogens with zero attached hydrogens (tertiary/aromatic N) is 2. The summed E-state index contributed by atoms with van der Waals surface area (Å²) in [6.07, 6.45) is 0. The zero-order valence-corrected chi connectivity index (χ0v) is 16.0. The van der Waals surface area contributed by atoms with Crippen molar-refractivity contribution in [1.82, 2.24) is 4.90 Å². The second kappa shape index (κ2) is 7.98. The molecule has 0 bridgehead atoms. The molecule has 1 aliphatic heterocycles. The zero-order chi connectivity index (χ0) is 19.4. The van der Waals surface area contributed by atoms with E-state index in [-0.39, 0.29) is 30.5 Å². The van der Waals surface area contributed by atoms with E-state index in [1.165, 1.54) is 11.0 Å². The van der Waals surface area contributed by atoms with Gasteiger partial charge in [0.1, 0.15) is 30.4 Å². The van der Waals surface area contributed by atoms with Gasteiger partial charge in [-0.05, 0) is 36.4 Å². The van der Waals surface area contributed by atoms with Crippen LogP contribution in [0.2, 0.25) is 5.02 Å². The summed E-state index contributed by atoms with van der Waals surface area (Å²) in [5.41, 5.74) is 0.471. The topological polar surface area (TPSA) is 85.3 Å². The van der Waals surface area contributed by atoms with Crippen LogP contribution in [0.25, 0.3) is 0 Å². The Morgan fingerprint density at radius 1 is 1.11 bits per heavy atom. The fraction of sp³-hybridized carbons (Fsp3) is 0.222. The Bertz CT molecular complexity index is 974. The lowest BCUT2D eigenvalue weighted by atomic mass is 10.2. The van der Waals surface area contributed by atoms with Gasteiger partial charge in [-0.15, -0.1) is 4.40 Å². The van der Waals surface area contributed by atoms with Crippen LogP contribution < -0.4 is 4.74 Å². The third-order valence-corrected chi connectivity index (χ3v) is 5.35. The molecule has 3 rings (SSSR count). The SMILES string of the molecule is CN(CC(=O)OCCOc1ccc(Cl)cc1)C1=NS(=O)(=O)c2ccccc21. The molecule has 27 heavy (non-hydrogen) atoms. The quantitative estimate of drug-likeness (QED) is 0.538. The molecular formula is C18H17ClN2O5S. The molecule has 142 valence electrons. The van der Waals surface area contributed by atoms with Gasteiger partial charge < -0.3 is 14.4 Å². The minimum absolute atomic E-state index is 0.0661. The lowest BCUT2D eigenvalue weighted by Crippen LogP contribution is -2.33. The fourth-order valence-corrected chi connectivity index (χ4v) is 3.90. The zero-order valence-electron chi connectivity index (χ0n) is 14.5. The molecule has 0 radical (unpaired) electrons. The fourth-order valence-electron chi connectivity index (χ4n) is 2.52. The number of fused-ring (bicyclic) bond motifs is 1. The maximum absolute atomic E-state index is 12.1. The summed E-state index contributed by atoms with van der Waals surface area (Å²) in [4.78, 5) is 13.6. The molecule has 9 heteroatoms. The van der Waals surface area contributed by atoms with Crippen molar-refractivity contribution in [2.24, 2.45) is 4.40 Å².